The van der Waals surface area contributed by atoms with E-state index in [-0.39, 0.29) is 5.76 Å². The van der Waals surface area contributed by atoms with Gasteiger partial charge in [-0.25, -0.2) is 9.59 Å². The second-order valence-corrected chi connectivity index (χ2v) is 6.55. The molecule has 0 radical (unpaired) electrons. The fourth-order valence-corrected chi connectivity index (χ4v) is 3.12. The van der Waals surface area contributed by atoms with Gasteiger partial charge < -0.3 is 18.5 Å². The fraction of sp³-hybridized carbons (Fsp3) is 0.190. The summed E-state index contributed by atoms with van der Waals surface area (Å²) in [6.07, 6.45) is 0. The predicted octanol–water partition coefficient (Wildman–Crippen LogP) is 3.42. The van der Waals surface area contributed by atoms with Crippen LogP contribution in [0.4, 0.5) is 5.88 Å². The van der Waals surface area contributed by atoms with Crippen molar-refractivity contribution >= 4 is 23.6 Å². The monoisotopic (exact) mass is 426 g/mol. The van der Waals surface area contributed by atoms with Gasteiger partial charge in [0.2, 0.25) is 11.5 Å². The molecule has 3 rings (SSSR count). The summed E-state index contributed by atoms with van der Waals surface area (Å²) in [7, 11) is 1.30. The van der Waals surface area contributed by atoms with E-state index in [4.69, 9.17) is 9.15 Å². The van der Waals surface area contributed by atoms with E-state index in [1.807, 2.05) is 11.5 Å². The molecule has 0 N–H and O–H groups in total. The average Bonchev–Trinajstić information content (AvgIpc) is 3.36. The highest BCUT2D eigenvalue weighted by Crippen LogP contribution is 2.22. The van der Waals surface area contributed by atoms with Crippen LogP contribution in [0.15, 0.2) is 46.9 Å². The van der Waals surface area contributed by atoms with E-state index in [9.17, 15) is 24.5 Å². The number of nitrogens with zero attached hydrogens (tertiary/aromatic N) is 2. The number of esters is 2. The highest BCUT2D eigenvalue weighted by molar-refractivity contribution is 6.00. The number of nitro groups is 1. The first-order valence-corrected chi connectivity index (χ1v) is 9.05. The second-order valence-electron chi connectivity index (χ2n) is 6.55. The maximum Gasteiger partial charge on any atom is 0.433 e. The molecule has 0 bridgehead atoms. The van der Waals surface area contributed by atoms with Gasteiger partial charge >= 0.3 is 17.8 Å². The lowest BCUT2D eigenvalue weighted by molar-refractivity contribution is -0.402. The van der Waals surface area contributed by atoms with Gasteiger partial charge in [-0.05, 0) is 50.2 Å². The quantitative estimate of drug-likeness (QED) is 0.243. The van der Waals surface area contributed by atoms with E-state index in [1.165, 1.54) is 7.11 Å². The topological polar surface area (TPSA) is 131 Å². The lowest BCUT2D eigenvalue weighted by Crippen LogP contribution is -2.14. The van der Waals surface area contributed by atoms with Gasteiger partial charge in [0.15, 0.2) is 6.61 Å². The molecule has 31 heavy (non-hydrogen) atoms. The van der Waals surface area contributed by atoms with Crippen molar-refractivity contribution in [3.05, 3.63) is 80.9 Å². The molecule has 10 heteroatoms. The fourth-order valence-electron chi connectivity index (χ4n) is 3.12. The number of carbonyl (C=O) groups is 3. The summed E-state index contributed by atoms with van der Waals surface area (Å²) in [4.78, 5) is 46.0. The Morgan fingerprint density at radius 3 is 2.32 bits per heavy atom. The Bertz CT molecular complexity index is 1170. The molecule has 0 aliphatic rings. The first kappa shape index (κ1) is 21.5. The molecule has 10 nitrogen and oxygen atoms in total. The van der Waals surface area contributed by atoms with Crippen molar-refractivity contribution in [3.63, 3.8) is 0 Å². The van der Waals surface area contributed by atoms with Crippen molar-refractivity contribution < 1.29 is 33.2 Å². The average molecular weight is 426 g/mol. The summed E-state index contributed by atoms with van der Waals surface area (Å²) in [5.74, 6) is -2.84. The number of hydrogen-bond acceptors (Lipinski definition) is 8. The van der Waals surface area contributed by atoms with Gasteiger partial charge in [0.05, 0.1) is 18.7 Å². The van der Waals surface area contributed by atoms with Gasteiger partial charge in [0.25, 0.3) is 0 Å². The lowest BCUT2D eigenvalue weighted by Gasteiger charge is -2.10. The lowest BCUT2D eigenvalue weighted by atomic mass is 10.1. The minimum atomic E-state index is -0.978. The SMILES string of the molecule is COC(=O)c1ccc(-n2c(C)cc(C(=O)COC(=O)c3ccc([N+](=O)[O-])o3)c2C)cc1. The molecule has 1 aromatic carbocycles. The van der Waals surface area contributed by atoms with Crippen molar-refractivity contribution in [2.24, 2.45) is 0 Å². The van der Waals surface area contributed by atoms with Crippen molar-refractivity contribution in [2.45, 2.75) is 13.8 Å². The zero-order valence-corrected chi connectivity index (χ0v) is 16.9. The van der Waals surface area contributed by atoms with Gasteiger partial charge in [0, 0.05) is 22.6 Å². The van der Waals surface area contributed by atoms with Gasteiger partial charge in [-0.1, -0.05) is 0 Å². The molecule has 3 aromatic rings. The van der Waals surface area contributed by atoms with E-state index >= 15 is 0 Å². The van der Waals surface area contributed by atoms with Gasteiger partial charge in [-0.2, -0.15) is 0 Å². The number of hydrogen-bond donors (Lipinski definition) is 0. The zero-order chi connectivity index (χ0) is 22.7. The summed E-state index contributed by atoms with van der Waals surface area (Å²) in [5, 5.41) is 10.6. The van der Waals surface area contributed by atoms with E-state index in [0.717, 1.165) is 23.5 Å². The molecule has 0 aliphatic heterocycles. The van der Waals surface area contributed by atoms with E-state index < -0.39 is 35.1 Å². The van der Waals surface area contributed by atoms with Crippen LogP contribution in [0.1, 0.15) is 42.7 Å². The molecule has 0 atom stereocenters. The van der Waals surface area contributed by atoms with E-state index in [1.54, 1.807) is 37.3 Å². The van der Waals surface area contributed by atoms with Crippen LogP contribution in [0, 0.1) is 24.0 Å². The highest BCUT2D eigenvalue weighted by Gasteiger charge is 2.22. The van der Waals surface area contributed by atoms with Crippen LogP contribution in [0.5, 0.6) is 0 Å². The summed E-state index contributed by atoms with van der Waals surface area (Å²) in [6, 6.07) is 10.5. The first-order valence-electron chi connectivity index (χ1n) is 9.05. The molecular weight excluding hydrogens is 408 g/mol. The summed E-state index contributed by atoms with van der Waals surface area (Å²) >= 11 is 0. The normalized spacial score (nSPS) is 10.5. The minimum Gasteiger partial charge on any atom is -0.465 e. The zero-order valence-electron chi connectivity index (χ0n) is 16.9. The van der Waals surface area contributed by atoms with Crippen molar-refractivity contribution in [2.75, 3.05) is 13.7 Å². The van der Waals surface area contributed by atoms with E-state index in [0.29, 0.717) is 16.8 Å². The molecule has 0 fully saturated rings. The summed E-state index contributed by atoms with van der Waals surface area (Å²) in [5.41, 5.74) is 2.88. The van der Waals surface area contributed by atoms with Crippen LogP contribution in [-0.4, -0.2) is 40.9 Å². The smallest absolute Gasteiger partial charge is 0.433 e. The maximum absolute atomic E-state index is 12.6. The highest BCUT2D eigenvalue weighted by atomic mass is 16.7. The Kier molecular flexibility index (Phi) is 6.00. The Labute approximate surface area is 176 Å². The molecule has 0 aliphatic carbocycles. The number of ketones is 1. The van der Waals surface area contributed by atoms with E-state index in [2.05, 4.69) is 4.74 Å². The molecule has 0 saturated heterocycles. The molecule has 0 unspecified atom stereocenters. The molecule has 0 spiro atoms. The number of methoxy groups -OCH3 is 1. The van der Waals surface area contributed by atoms with Crippen LogP contribution in [0.25, 0.3) is 5.69 Å². The number of furan rings is 1. The Morgan fingerprint density at radius 2 is 1.74 bits per heavy atom. The van der Waals surface area contributed by atoms with Gasteiger partial charge in [0.1, 0.15) is 4.92 Å². The first-order chi connectivity index (χ1) is 14.7. The number of rotatable bonds is 7. The Hall–Kier alpha value is -4.21. The Morgan fingerprint density at radius 1 is 1.06 bits per heavy atom. The summed E-state index contributed by atoms with van der Waals surface area (Å²) < 4.78 is 16.2. The largest absolute Gasteiger partial charge is 0.465 e. The standard InChI is InChI=1S/C21H18N2O8/c1-12-10-16(13(2)22(12)15-6-4-14(5-7-15)20(25)29-3)17(24)11-30-21(26)18-8-9-19(31-18)23(27)28/h4-10H,11H2,1-3H3. The van der Waals surface area contributed by atoms with Crippen LogP contribution in [-0.2, 0) is 9.47 Å². The van der Waals surface area contributed by atoms with Crippen molar-refractivity contribution in [1.82, 2.24) is 4.57 Å². The molecule has 0 amide bonds. The third-order valence-corrected chi connectivity index (χ3v) is 4.59. The van der Waals surface area contributed by atoms with Crippen LogP contribution >= 0.6 is 0 Å². The molecule has 160 valence electrons. The van der Waals surface area contributed by atoms with Crippen LogP contribution in [0.3, 0.4) is 0 Å². The third kappa shape index (κ3) is 4.37. The summed E-state index contributed by atoms with van der Waals surface area (Å²) in [6.45, 7) is 3.00. The van der Waals surface area contributed by atoms with Gasteiger partial charge in [-0.15, -0.1) is 0 Å². The van der Waals surface area contributed by atoms with Crippen LogP contribution in [0.2, 0.25) is 0 Å². The second kappa shape index (κ2) is 8.66. The number of benzene rings is 1. The van der Waals surface area contributed by atoms with Crippen molar-refractivity contribution in [3.8, 4) is 5.69 Å². The third-order valence-electron chi connectivity index (χ3n) is 4.59. The number of Topliss-reactive ketones (excluding diaryl/α,β-unsaturated/α-hetero) is 1. The Balaban J connectivity index is 1.74. The molecule has 2 heterocycles. The molecule has 2 aromatic heterocycles. The molecular formula is C21H18N2O8. The number of aromatic nitrogens is 1. The van der Waals surface area contributed by atoms with Gasteiger partial charge in [-0.3, -0.25) is 14.9 Å². The maximum atomic E-state index is 12.6. The number of ether oxygens (including phenoxy) is 2. The number of carbonyl (C=O) groups excluding carboxylic acids is 3. The number of aryl methyl sites for hydroxylation is 1. The van der Waals surface area contributed by atoms with Crippen LogP contribution < -0.4 is 0 Å². The predicted molar refractivity (Wildman–Crippen MR) is 107 cm³/mol. The van der Waals surface area contributed by atoms with Crippen molar-refractivity contribution in [1.29, 1.82) is 0 Å². The molecule has 0 saturated carbocycles. The minimum absolute atomic E-state index is 0.354.